The van der Waals surface area contributed by atoms with Crippen LogP contribution in [0.4, 0.5) is 0 Å². The van der Waals surface area contributed by atoms with Gasteiger partial charge in [0.05, 0.1) is 0 Å². The van der Waals surface area contributed by atoms with Crippen LogP contribution in [-0.4, -0.2) is 9.36 Å². The molecule has 0 radical (unpaired) electrons. The molecule has 0 saturated heterocycles. The lowest BCUT2D eigenvalue weighted by molar-refractivity contribution is 0.347. The molecule has 1 aliphatic rings. The van der Waals surface area contributed by atoms with Crippen molar-refractivity contribution in [3.8, 4) is 0 Å². The van der Waals surface area contributed by atoms with Crippen molar-refractivity contribution in [1.29, 1.82) is 0 Å². The molecule has 72 valence electrons. The number of rotatable bonds is 1. The molecular weight excluding hydrogens is 295 g/mol. The largest absolute Gasteiger partial charge is 0.215 e. The molecule has 1 aromatic rings. The summed E-state index contributed by atoms with van der Waals surface area (Å²) in [4.78, 5) is 4.45. The monoisotopic (exact) mass is 308 g/mol. The Morgan fingerprint density at radius 3 is 2.54 bits per heavy atom. The second kappa shape index (κ2) is 4.21. The van der Waals surface area contributed by atoms with Crippen LogP contribution in [0, 0.1) is 9.75 Å². The molecule has 1 fully saturated rings. The Morgan fingerprint density at radius 1 is 1.31 bits per heavy atom. The minimum absolute atomic E-state index is 0.706. The summed E-state index contributed by atoms with van der Waals surface area (Å²) in [7, 11) is 0. The third-order valence-electron chi connectivity index (χ3n) is 2.78. The van der Waals surface area contributed by atoms with Gasteiger partial charge >= 0.3 is 0 Å². The fraction of sp³-hybridized carbons (Fsp3) is 0.778. The molecule has 0 atom stereocenters. The van der Waals surface area contributed by atoms with Crippen LogP contribution in [0.25, 0.3) is 0 Å². The summed E-state index contributed by atoms with van der Waals surface area (Å²) in [6, 6.07) is 0. The first-order chi connectivity index (χ1) is 6.25. The van der Waals surface area contributed by atoms with Crippen molar-refractivity contribution in [1.82, 2.24) is 9.36 Å². The van der Waals surface area contributed by atoms with E-state index >= 15 is 0 Å². The molecule has 2 nitrogen and oxygen atoms in total. The van der Waals surface area contributed by atoms with Gasteiger partial charge in [0.1, 0.15) is 5.01 Å². The van der Waals surface area contributed by atoms with E-state index in [0.29, 0.717) is 5.92 Å². The zero-order valence-corrected chi connectivity index (χ0v) is 10.6. The topological polar surface area (TPSA) is 25.8 Å². The minimum Gasteiger partial charge on any atom is -0.215 e. The zero-order chi connectivity index (χ0) is 9.26. The molecule has 0 unspecified atom stereocenters. The Kier molecular flexibility index (Phi) is 3.18. The first-order valence-corrected chi connectivity index (χ1v) is 6.60. The van der Waals surface area contributed by atoms with Gasteiger partial charge in [0.25, 0.3) is 0 Å². The van der Waals surface area contributed by atoms with Gasteiger partial charge in [-0.25, -0.2) is 4.98 Å². The van der Waals surface area contributed by atoms with Crippen molar-refractivity contribution in [2.75, 3.05) is 0 Å². The van der Waals surface area contributed by atoms with Gasteiger partial charge in [0, 0.05) is 28.5 Å². The van der Waals surface area contributed by atoms with Gasteiger partial charge < -0.3 is 0 Å². The maximum absolute atomic E-state index is 4.45. The average molecular weight is 308 g/mol. The summed E-state index contributed by atoms with van der Waals surface area (Å²) >= 11 is 3.78. The first kappa shape index (κ1) is 9.83. The Hall–Kier alpha value is 0.290. The summed E-state index contributed by atoms with van der Waals surface area (Å²) in [5, 5.41) is 1.26. The van der Waals surface area contributed by atoms with E-state index in [4.69, 9.17) is 0 Å². The predicted octanol–water partition coefficient (Wildman–Crippen LogP) is 3.44. The third kappa shape index (κ3) is 2.40. The molecule has 0 amide bonds. The summed E-state index contributed by atoms with van der Waals surface area (Å²) in [5.74, 6) is 1.63. The van der Waals surface area contributed by atoms with E-state index in [-0.39, 0.29) is 0 Å². The molecule has 1 aromatic heterocycles. The van der Waals surface area contributed by atoms with Gasteiger partial charge in [-0.1, -0.05) is 19.8 Å². The number of nitrogens with zero attached hydrogens (tertiary/aromatic N) is 2. The Labute approximate surface area is 96.5 Å². The summed E-state index contributed by atoms with van der Waals surface area (Å²) in [5.41, 5.74) is 0. The van der Waals surface area contributed by atoms with E-state index in [1.165, 1.54) is 30.7 Å². The van der Waals surface area contributed by atoms with Crippen LogP contribution in [0.5, 0.6) is 0 Å². The molecule has 0 aromatic carbocycles. The number of hydrogen-bond donors (Lipinski definition) is 0. The van der Waals surface area contributed by atoms with Crippen LogP contribution in [-0.2, 0) is 0 Å². The van der Waals surface area contributed by atoms with Gasteiger partial charge in [-0.3, -0.25) is 0 Å². The van der Waals surface area contributed by atoms with Crippen LogP contribution >= 0.6 is 34.1 Å². The molecule has 13 heavy (non-hydrogen) atoms. The fourth-order valence-electron chi connectivity index (χ4n) is 1.89. The third-order valence-corrected chi connectivity index (χ3v) is 4.47. The van der Waals surface area contributed by atoms with E-state index in [2.05, 4.69) is 38.9 Å². The van der Waals surface area contributed by atoms with Gasteiger partial charge in [0.2, 0.25) is 3.83 Å². The Balaban J connectivity index is 2.02. The second-order valence-electron chi connectivity index (χ2n) is 3.86. The zero-order valence-electron chi connectivity index (χ0n) is 7.66. The number of halogens is 1. The highest BCUT2D eigenvalue weighted by Crippen LogP contribution is 2.35. The lowest BCUT2D eigenvalue weighted by Gasteiger charge is -2.23. The smallest absolute Gasteiger partial charge is 0.203 e. The molecule has 0 N–H and O–H groups in total. The van der Waals surface area contributed by atoms with Crippen molar-refractivity contribution >= 4 is 34.1 Å². The van der Waals surface area contributed by atoms with Crippen molar-refractivity contribution in [3.63, 3.8) is 0 Å². The standard InChI is InChI=1S/C9H13IN2S/c1-6-2-4-7(5-3-6)8-11-9(10)12-13-8/h6-7H,2-5H2,1H3. The highest BCUT2D eigenvalue weighted by Gasteiger charge is 2.22. The first-order valence-electron chi connectivity index (χ1n) is 4.75. The van der Waals surface area contributed by atoms with Crippen LogP contribution in [0.15, 0.2) is 0 Å². The number of hydrogen-bond acceptors (Lipinski definition) is 3. The van der Waals surface area contributed by atoms with Crippen LogP contribution in [0.3, 0.4) is 0 Å². The quantitative estimate of drug-likeness (QED) is 0.743. The molecule has 0 bridgehead atoms. The van der Waals surface area contributed by atoms with E-state index in [1.54, 1.807) is 11.5 Å². The van der Waals surface area contributed by atoms with Gasteiger partial charge in [-0.15, -0.1) is 0 Å². The second-order valence-corrected chi connectivity index (χ2v) is 5.61. The molecule has 1 saturated carbocycles. The molecule has 2 rings (SSSR count). The predicted molar refractivity (Wildman–Crippen MR) is 63.0 cm³/mol. The highest BCUT2D eigenvalue weighted by molar-refractivity contribution is 14.1. The van der Waals surface area contributed by atoms with Crippen molar-refractivity contribution in [3.05, 3.63) is 8.84 Å². The fourth-order valence-corrected chi connectivity index (χ4v) is 3.33. The Bertz CT molecular complexity index is 279. The van der Waals surface area contributed by atoms with Gasteiger partial charge in [-0.2, -0.15) is 4.37 Å². The van der Waals surface area contributed by atoms with E-state index in [9.17, 15) is 0 Å². The van der Waals surface area contributed by atoms with Crippen LogP contribution in [0.1, 0.15) is 43.5 Å². The summed E-state index contributed by atoms with van der Waals surface area (Å²) < 4.78 is 5.14. The summed E-state index contributed by atoms with van der Waals surface area (Å²) in [6.45, 7) is 2.35. The molecule has 1 aliphatic carbocycles. The SMILES string of the molecule is CC1CCC(c2nc(I)ns2)CC1. The lowest BCUT2D eigenvalue weighted by atomic mass is 9.83. The average Bonchev–Trinajstić information content (AvgIpc) is 2.53. The molecule has 0 aliphatic heterocycles. The Morgan fingerprint density at radius 2 is 2.00 bits per heavy atom. The van der Waals surface area contributed by atoms with Crippen LogP contribution < -0.4 is 0 Å². The molecule has 4 heteroatoms. The van der Waals surface area contributed by atoms with E-state index in [0.717, 1.165) is 9.75 Å². The summed E-state index contributed by atoms with van der Waals surface area (Å²) in [6.07, 6.45) is 5.35. The van der Waals surface area contributed by atoms with Crippen molar-refractivity contribution in [2.24, 2.45) is 5.92 Å². The van der Waals surface area contributed by atoms with E-state index in [1.807, 2.05) is 0 Å². The maximum atomic E-state index is 4.45. The van der Waals surface area contributed by atoms with Gasteiger partial charge in [-0.05, 0) is 30.3 Å². The maximum Gasteiger partial charge on any atom is 0.203 e. The lowest BCUT2D eigenvalue weighted by Crippen LogP contribution is -2.10. The normalized spacial score (nSPS) is 29.1. The van der Waals surface area contributed by atoms with Gasteiger partial charge in [0.15, 0.2) is 0 Å². The van der Waals surface area contributed by atoms with Crippen LogP contribution in [0.2, 0.25) is 0 Å². The molecular formula is C9H13IN2S. The van der Waals surface area contributed by atoms with Crippen molar-refractivity contribution < 1.29 is 0 Å². The highest BCUT2D eigenvalue weighted by atomic mass is 127. The minimum atomic E-state index is 0.706. The molecule has 1 heterocycles. The van der Waals surface area contributed by atoms with Crippen molar-refractivity contribution in [2.45, 2.75) is 38.5 Å². The van der Waals surface area contributed by atoms with E-state index < -0.39 is 0 Å². The molecule has 0 spiro atoms. The number of aromatic nitrogens is 2.